The number of fused-ring (bicyclic) bond motifs is 1. The molecule has 0 aromatic carbocycles. The second kappa shape index (κ2) is 6.40. The Balaban J connectivity index is 1.74. The van der Waals surface area contributed by atoms with Crippen molar-refractivity contribution >= 4 is 12.0 Å². The molecule has 0 aliphatic carbocycles. The molecule has 0 spiro atoms. The van der Waals surface area contributed by atoms with Crippen LogP contribution in [0.25, 0.3) is 0 Å². The molecule has 1 aliphatic rings. The predicted octanol–water partition coefficient (Wildman–Crippen LogP) is 0.909. The minimum absolute atomic E-state index is 0.110. The first-order valence-electron chi connectivity index (χ1n) is 6.81. The lowest BCUT2D eigenvalue weighted by molar-refractivity contribution is -0.137. The van der Waals surface area contributed by atoms with E-state index in [-0.39, 0.29) is 18.4 Å². The second-order valence-electron chi connectivity index (χ2n) is 5.18. The number of aliphatic carboxylic acids is 1. The average molecular weight is 280 g/mol. The summed E-state index contributed by atoms with van der Waals surface area (Å²) >= 11 is 0. The Morgan fingerprint density at radius 3 is 3.05 bits per heavy atom. The molecule has 0 radical (unpaired) electrons. The average Bonchev–Trinajstić information content (AvgIpc) is 2.89. The molecule has 1 aromatic heterocycles. The van der Waals surface area contributed by atoms with Gasteiger partial charge in [-0.05, 0) is 12.3 Å². The molecule has 7 nitrogen and oxygen atoms in total. The number of nitrogens with zero attached hydrogens (tertiary/aromatic N) is 3. The highest BCUT2D eigenvalue weighted by Crippen LogP contribution is 2.10. The lowest BCUT2D eigenvalue weighted by atomic mass is 10.1. The SMILES string of the molecule is CC(CCC(=O)O)CNC(=O)N1CCn2ccnc2C1. The number of carboxylic acids is 1. The van der Waals surface area contributed by atoms with Gasteiger partial charge >= 0.3 is 12.0 Å². The molecule has 0 saturated heterocycles. The largest absolute Gasteiger partial charge is 0.481 e. The van der Waals surface area contributed by atoms with Gasteiger partial charge in [-0.2, -0.15) is 0 Å². The van der Waals surface area contributed by atoms with E-state index in [0.29, 0.717) is 26.1 Å². The van der Waals surface area contributed by atoms with Crippen molar-refractivity contribution in [1.29, 1.82) is 0 Å². The molecule has 7 heteroatoms. The number of rotatable bonds is 5. The Labute approximate surface area is 117 Å². The Morgan fingerprint density at radius 2 is 2.30 bits per heavy atom. The maximum atomic E-state index is 12.0. The minimum atomic E-state index is -0.800. The lowest BCUT2D eigenvalue weighted by Crippen LogP contribution is -2.45. The van der Waals surface area contributed by atoms with Gasteiger partial charge in [0.2, 0.25) is 0 Å². The Kier molecular flexibility index (Phi) is 4.60. The van der Waals surface area contributed by atoms with Crippen molar-refractivity contribution in [2.75, 3.05) is 13.1 Å². The fourth-order valence-corrected chi connectivity index (χ4v) is 2.19. The number of carboxylic acid groups (broad SMARTS) is 1. The van der Waals surface area contributed by atoms with E-state index in [9.17, 15) is 9.59 Å². The first-order valence-corrected chi connectivity index (χ1v) is 6.81. The predicted molar refractivity (Wildman–Crippen MR) is 72.1 cm³/mol. The summed E-state index contributed by atoms with van der Waals surface area (Å²) < 4.78 is 2.04. The van der Waals surface area contributed by atoms with Crippen molar-refractivity contribution in [2.45, 2.75) is 32.9 Å². The van der Waals surface area contributed by atoms with Gasteiger partial charge in [-0.15, -0.1) is 0 Å². The van der Waals surface area contributed by atoms with Crippen LogP contribution in [0, 0.1) is 5.92 Å². The fraction of sp³-hybridized carbons (Fsp3) is 0.615. The van der Waals surface area contributed by atoms with Gasteiger partial charge in [0.1, 0.15) is 5.82 Å². The van der Waals surface area contributed by atoms with Crippen LogP contribution in [-0.4, -0.2) is 44.6 Å². The van der Waals surface area contributed by atoms with Gasteiger partial charge in [0.15, 0.2) is 0 Å². The van der Waals surface area contributed by atoms with Gasteiger partial charge in [0.25, 0.3) is 0 Å². The number of hydrogen-bond acceptors (Lipinski definition) is 3. The van der Waals surface area contributed by atoms with E-state index in [4.69, 9.17) is 5.11 Å². The number of nitrogens with one attached hydrogen (secondary N) is 1. The van der Waals surface area contributed by atoms with Gasteiger partial charge in [0, 0.05) is 38.4 Å². The molecular weight excluding hydrogens is 260 g/mol. The Morgan fingerprint density at radius 1 is 1.50 bits per heavy atom. The van der Waals surface area contributed by atoms with Gasteiger partial charge in [-0.3, -0.25) is 4.79 Å². The Bertz CT molecular complexity index is 486. The fourth-order valence-electron chi connectivity index (χ4n) is 2.19. The number of carbonyl (C=O) groups excluding carboxylic acids is 1. The van der Waals surface area contributed by atoms with Crippen LogP contribution in [-0.2, 0) is 17.9 Å². The molecule has 0 bridgehead atoms. The highest BCUT2D eigenvalue weighted by molar-refractivity contribution is 5.74. The zero-order chi connectivity index (χ0) is 14.5. The van der Waals surface area contributed by atoms with Crippen LogP contribution in [0.1, 0.15) is 25.6 Å². The van der Waals surface area contributed by atoms with E-state index in [1.54, 1.807) is 11.1 Å². The van der Waals surface area contributed by atoms with E-state index in [1.807, 2.05) is 17.7 Å². The summed E-state index contributed by atoms with van der Waals surface area (Å²) in [5.41, 5.74) is 0. The molecule has 110 valence electrons. The van der Waals surface area contributed by atoms with Crippen LogP contribution in [0.3, 0.4) is 0 Å². The first kappa shape index (κ1) is 14.4. The van der Waals surface area contributed by atoms with Gasteiger partial charge in [-0.1, -0.05) is 6.92 Å². The van der Waals surface area contributed by atoms with Crippen molar-refractivity contribution in [2.24, 2.45) is 5.92 Å². The molecule has 1 atom stereocenters. The van der Waals surface area contributed by atoms with E-state index in [2.05, 4.69) is 10.3 Å². The molecule has 1 aromatic rings. The first-order chi connectivity index (χ1) is 9.56. The minimum Gasteiger partial charge on any atom is -0.481 e. The highest BCUT2D eigenvalue weighted by Gasteiger charge is 2.21. The molecule has 0 saturated carbocycles. The second-order valence-corrected chi connectivity index (χ2v) is 5.18. The number of imidazole rings is 1. The zero-order valence-corrected chi connectivity index (χ0v) is 11.6. The monoisotopic (exact) mass is 280 g/mol. The van der Waals surface area contributed by atoms with Crippen molar-refractivity contribution in [3.05, 3.63) is 18.2 Å². The third-order valence-electron chi connectivity index (χ3n) is 3.48. The maximum absolute atomic E-state index is 12.0. The molecule has 1 aliphatic heterocycles. The third kappa shape index (κ3) is 3.72. The van der Waals surface area contributed by atoms with Crippen LogP contribution in [0.15, 0.2) is 12.4 Å². The number of amides is 2. The van der Waals surface area contributed by atoms with E-state index in [1.165, 1.54) is 0 Å². The van der Waals surface area contributed by atoms with Crippen molar-refractivity contribution in [3.8, 4) is 0 Å². The molecule has 2 N–H and O–H groups in total. The van der Waals surface area contributed by atoms with Gasteiger partial charge < -0.3 is 19.9 Å². The summed E-state index contributed by atoms with van der Waals surface area (Å²) in [5, 5.41) is 11.5. The lowest BCUT2D eigenvalue weighted by Gasteiger charge is -2.28. The van der Waals surface area contributed by atoms with Gasteiger partial charge in [-0.25, -0.2) is 9.78 Å². The van der Waals surface area contributed by atoms with E-state index in [0.717, 1.165) is 12.4 Å². The molecular formula is C13H20N4O3. The highest BCUT2D eigenvalue weighted by atomic mass is 16.4. The quantitative estimate of drug-likeness (QED) is 0.839. The van der Waals surface area contributed by atoms with Crippen LogP contribution in [0.4, 0.5) is 4.79 Å². The summed E-state index contributed by atoms with van der Waals surface area (Å²) in [5.74, 6) is 0.248. The maximum Gasteiger partial charge on any atom is 0.317 e. The molecule has 1 unspecified atom stereocenters. The summed E-state index contributed by atoms with van der Waals surface area (Å²) in [4.78, 5) is 28.4. The van der Waals surface area contributed by atoms with Gasteiger partial charge in [0.05, 0.1) is 6.54 Å². The number of aromatic nitrogens is 2. The van der Waals surface area contributed by atoms with E-state index < -0.39 is 5.97 Å². The van der Waals surface area contributed by atoms with Crippen LogP contribution >= 0.6 is 0 Å². The molecule has 20 heavy (non-hydrogen) atoms. The van der Waals surface area contributed by atoms with Crippen molar-refractivity contribution < 1.29 is 14.7 Å². The molecule has 2 rings (SSSR count). The number of hydrogen-bond donors (Lipinski definition) is 2. The number of carbonyl (C=O) groups is 2. The zero-order valence-electron chi connectivity index (χ0n) is 11.6. The van der Waals surface area contributed by atoms with Crippen molar-refractivity contribution in [3.63, 3.8) is 0 Å². The summed E-state index contributed by atoms with van der Waals surface area (Å²) in [6.45, 7) is 4.38. The van der Waals surface area contributed by atoms with Crippen molar-refractivity contribution in [1.82, 2.24) is 19.8 Å². The van der Waals surface area contributed by atoms with E-state index >= 15 is 0 Å². The standard InChI is InChI=1S/C13H20N4O3/c1-10(2-3-12(18)19)8-15-13(20)17-7-6-16-5-4-14-11(16)9-17/h4-5,10H,2-3,6-9H2,1H3,(H,15,20)(H,18,19). The Hall–Kier alpha value is -2.05. The third-order valence-corrected chi connectivity index (χ3v) is 3.48. The molecule has 0 fully saturated rings. The topological polar surface area (TPSA) is 87.5 Å². The summed E-state index contributed by atoms with van der Waals surface area (Å²) in [6, 6.07) is -0.110. The normalized spacial score (nSPS) is 15.6. The van der Waals surface area contributed by atoms with Crippen LogP contribution in [0.5, 0.6) is 0 Å². The number of urea groups is 1. The molecule has 2 amide bonds. The summed E-state index contributed by atoms with van der Waals surface area (Å²) in [7, 11) is 0. The summed E-state index contributed by atoms with van der Waals surface area (Å²) in [6.07, 6.45) is 4.36. The van der Waals surface area contributed by atoms with Crippen LogP contribution < -0.4 is 5.32 Å². The smallest absolute Gasteiger partial charge is 0.317 e. The molecule has 2 heterocycles. The van der Waals surface area contributed by atoms with Crippen LogP contribution in [0.2, 0.25) is 0 Å².